The van der Waals surface area contributed by atoms with Gasteiger partial charge >= 0.3 is 0 Å². The summed E-state index contributed by atoms with van der Waals surface area (Å²) < 4.78 is 11.1. The van der Waals surface area contributed by atoms with E-state index in [0.29, 0.717) is 32.5 Å². The predicted molar refractivity (Wildman–Crippen MR) is 83.8 cm³/mol. The SMILES string of the molecule is CN(C)C(=O)C[C@H]1CC[C@@H](NC(=O)C2CCOCC2)[C@H](CO)O1. The highest BCUT2D eigenvalue weighted by atomic mass is 16.5. The highest BCUT2D eigenvalue weighted by Gasteiger charge is 2.34. The quantitative estimate of drug-likeness (QED) is 0.737. The minimum Gasteiger partial charge on any atom is -0.394 e. The van der Waals surface area contributed by atoms with Crippen molar-refractivity contribution >= 4 is 11.8 Å². The maximum absolute atomic E-state index is 12.3. The van der Waals surface area contributed by atoms with Gasteiger partial charge in [0.1, 0.15) is 6.10 Å². The van der Waals surface area contributed by atoms with Gasteiger partial charge in [0.2, 0.25) is 11.8 Å². The van der Waals surface area contributed by atoms with Gasteiger partial charge in [-0.15, -0.1) is 0 Å². The lowest BCUT2D eigenvalue weighted by atomic mass is 9.94. The Balaban J connectivity index is 1.84. The number of ether oxygens (including phenoxy) is 2. The second kappa shape index (κ2) is 8.61. The van der Waals surface area contributed by atoms with E-state index in [2.05, 4.69) is 5.32 Å². The van der Waals surface area contributed by atoms with Gasteiger partial charge in [-0.3, -0.25) is 9.59 Å². The maximum atomic E-state index is 12.3. The summed E-state index contributed by atoms with van der Waals surface area (Å²) in [5.74, 6) is 0.00989. The molecule has 2 aliphatic heterocycles. The predicted octanol–water partition coefficient (Wildman–Crippen LogP) is -0.0840. The fraction of sp³-hybridized carbons (Fsp3) is 0.875. The van der Waals surface area contributed by atoms with Gasteiger partial charge < -0.3 is 24.8 Å². The van der Waals surface area contributed by atoms with Crippen LogP contribution in [0, 0.1) is 5.92 Å². The maximum Gasteiger partial charge on any atom is 0.224 e. The third-order valence-electron chi connectivity index (χ3n) is 4.62. The lowest BCUT2D eigenvalue weighted by molar-refractivity contribution is -0.142. The minimum atomic E-state index is -0.451. The largest absolute Gasteiger partial charge is 0.394 e. The first-order valence-electron chi connectivity index (χ1n) is 8.35. The highest BCUT2D eigenvalue weighted by molar-refractivity contribution is 5.79. The standard InChI is InChI=1S/C16H28N2O5/c1-18(2)15(20)9-12-3-4-13(14(10-19)23-12)17-16(21)11-5-7-22-8-6-11/h11-14,19H,3-10H2,1-2H3,(H,17,21)/t12-,13-,14+/m1/s1. The Morgan fingerprint density at radius 1 is 1.17 bits per heavy atom. The zero-order chi connectivity index (χ0) is 16.8. The first kappa shape index (κ1) is 18.2. The number of nitrogens with zero attached hydrogens (tertiary/aromatic N) is 1. The molecule has 0 radical (unpaired) electrons. The van der Waals surface area contributed by atoms with Crippen LogP contribution in [0.3, 0.4) is 0 Å². The third-order valence-corrected chi connectivity index (χ3v) is 4.62. The fourth-order valence-corrected chi connectivity index (χ4v) is 3.08. The van der Waals surface area contributed by atoms with Gasteiger partial charge in [0, 0.05) is 33.2 Å². The summed E-state index contributed by atoms with van der Waals surface area (Å²) >= 11 is 0. The Morgan fingerprint density at radius 3 is 2.48 bits per heavy atom. The Bertz CT molecular complexity index is 409. The van der Waals surface area contributed by atoms with Crippen LogP contribution < -0.4 is 5.32 Å². The molecule has 0 aromatic rings. The number of carbonyl (C=O) groups is 2. The number of hydrogen-bond donors (Lipinski definition) is 2. The molecule has 23 heavy (non-hydrogen) atoms. The van der Waals surface area contributed by atoms with Gasteiger partial charge in [-0.1, -0.05) is 0 Å². The molecule has 0 spiro atoms. The molecule has 2 rings (SSSR count). The van der Waals surface area contributed by atoms with E-state index in [9.17, 15) is 14.7 Å². The average Bonchev–Trinajstić information content (AvgIpc) is 2.56. The molecule has 7 heteroatoms. The van der Waals surface area contributed by atoms with Gasteiger partial charge in [0.25, 0.3) is 0 Å². The smallest absolute Gasteiger partial charge is 0.224 e. The van der Waals surface area contributed by atoms with Crippen molar-refractivity contribution in [2.45, 2.75) is 50.4 Å². The second-order valence-electron chi connectivity index (χ2n) is 6.55. The first-order valence-corrected chi connectivity index (χ1v) is 8.35. The zero-order valence-electron chi connectivity index (χ0n) is 14.0. The van der Waals surface area contributed by atoms with Crippen molar-refractivity contribution in [1.29, 1.82) is 0 Å². The molecule has 0 aliphatic carbocycles. The Morgan fingerprint density at radius 2 is 1.87 bits per heavy atom. The van der Waals surface area contributed by atoms with Crippen molar-refractivity contribution in [3.05, 3.63) is 0 Å². The molecule has 0 aromatic carbocycles. The molecule has 2 heterocycles. The number of amides is 2. The highest BCUT2D eigenvalue weighted by Crippen LogP contribution is 2.23. The van der Waals surface area contributed by atoms with Gasteiger partial charge in [-0.2, -0.15) is 0 Å². The summed E-state index contributed by atoms with van der Waals surface area (Å²) in [7, 11) is 3.43. The molecular formula is C16H28N2O5. The molecule has 0 saturated carbocycles. The van der Waals surface area contributed by atoms with Crippen molar-refractivity contribution < 1.29 is 24.2 Å². The average molecular weight is 328 g/mol. The van der Waals surface area contributed by atoms with E-state index in [4.69, 9.17) is 9.47 Å². The molecule has 2 saturated heterocycles. The van der Waals surface area contributed by atoms with E-state index in [1.807, 2.05) is 0 Å². The van der Waals surface area contributed by atoms with Crippen LogP contribution in [-0.2, 0) is 19.1 Å². The van der Waals surface area contributed by atoms with Crippen LogP contribution in [0.15, 0.2) is 0 Å². The summed E-state index contributed by atoms with van der Waals surface area (Å²) in [6.45, 7) is 1.08. The van der Waals surface area contributed by atoms with E-state index < -0.39 is 6.10 Å². The summed E-state index contributed by atoms with van der Waals surface area (Å²) in [5, 5.41) is 12.6. The van der Waals surface area contributed by atoms with Gasteiger partial charge in [-0.05, 0) is 25.7 Å². The molecule has 0 unspecified atom stereocenters. The van der Waals surface area contributed by atoms with Crippen molar-refractivity contribution in [2.75, 3.05) is 33.9 Å². The lowest BCUT2D eigenvalue weighted by Gasteiger charge is -2.37. The number of aliphatic hydroxyl groups is 1. The third kappa shape index (κ3) is 5.16. The second-order valence-corrected chi connectivity index (χ2v) is 6.55. The Labute approximate surface area is 137 Å². The zero-order valence-corrected chi connectivity index (χ0v) is 14.0. The molecule has 2 amide bonds. The van der Waals surface area contributed by atoms with Crippen molar-refractivity contribution in [3.63, 3.8) is 0 Å². The number of hydrogen-bond acceptors (Lipinski definition) is 5. The van der Waals surface area contributed by atoms with Crippen LogP contribution >= 0.6 is 0 Å². The first-order chi connectivity index (χ1) is 11.0. The van der Waals surface area contributed by atoms with Crippen LogP contribution in [0.2, 0.25) is 0 Å². The van der Waals surface area contributed by atoms with E-state index in [1.165, 1.54) is 4.90 Å². The van der Waals surface area contributed by atoms with E-state index in [0.717, 1.165) is 12.8 Å². The summed E-state index contributed by atoms with van der Waals surface area (Å²) in [6, 6.07) is -0.193. The topological polar surface area (TPSA) is 88.1 Å². The van der Waals surface area contributed by atoms with Gasteiger partial charge in [0.05, 0.1) is 25.2 Å². The molecule has 7 nitrogen and oxygen atoms in total. The molecule has 2 fully saturated rings. The molecular weight excluding hydrogens is 300 g/mol. The molecule has 132 valence electrons. The van der Waals surface area contributed by atoms with E-state index in [-0.39, 0.29) is 36.5 Å². The monoisotopic (exact) mass is 328 g/mol. The summed E-state index contributed by atoms with van der Waals surface area (Å²) in [5.41, 5.74) is 0. The molecule has 2 aliphatic rings. The lowest BCUT2D eigenvalue weighted by Crippen LogP contribution is -2.53. The Hall–Kier alpha value is -1.18. The van der Waals surface area contributed by atoms with Crippen LogP contribution in [0.4, 0.5) is 0 Å². The van der Waals surface area contributed by atoms with Crippen molar-refractivity contribution in [1.82, 2.24) is 10.2 Å². The van der Waals surface area contributed by atoms with Gasteiger partial charge in [0.15, 0.2) is 0 Å². The van der Waals surface area contributed by atoms with E-state index in [1.54, 1.807) is 14.1 Å². The van der Waals surface area contributed by atoms with Crippen molar-refractivity contribution in [2.24, 2.45) is 5.92 Å². The number of aliphatic hydroxyl groups excluding tert-OH is 1. The van der Waals surface area contributed by atoms with Crippen LogP contribution in [0.1, 0.15) is 32.1 Å². The van der Waals surface area contributed by atoms with Crippen LogP contribution in [-0.4, -0.2) is 74.0 Å². The number of carbonyl (C=O) groups excluding carboxylic acids is 2. The normalized spacial score (nSPS) is 29.1. The van der Waals surface area contributed by atoms with Crippen molar-refractivity contribution in [3.8, 4) is 0 Å². The molecule has 2 N–H and O–H groups in total. The minimum absolute atomic E-state index is 0.0105. The molecule has 0 aromatic heterocycles. The van der Waals surface area contributed by atoms with Crippen LogP contribution in [0.25, 0.3) is 0 Å². The summed E-state index contributed by atoms with van der Waals surface area (Å²) in [4.78, 5) is 25.6. The fourth-order valence-electron chi connectivity index (χ4n) is 3.08. The van der Waals surface area contributed by atoms with Gasteiger partial charge in [-0.25, -0.2) is 0 Å². The Kier molecular flexibility index (Phi) is 6.80. The molecule has 0 bridgehead atoms. The number of rotatable bonds is 5. The molecule has 3 atom stereocenters. The number of nitrogens with one attached hydrogen (secondary N) is 1. The summed E-state index contributed by atoms with van der Waals surface area (Å²) in [6.07, 6.45) is 2.56. The van der Waals surface area contributed by atoms with Crippen LogP contribution in [0.5, 0.6) is 0 Å². The van der Waals surface area contributed by atoms with E-state index >= 15 is 0 Å².